The van der Waals surface area contributed by atoms with Crippen LogP contribution in [0.25, 0.3) is 0 Å². The lowest BCUT2D eigenvalue weighted by Gasteiger charge is -2.06. The van der Waals surface area contributed by atoms with Crippen LogP contribution in [0.5, 0.6) is 0 Å². The fourth-order valence-corrected chi connectivity index (χ4v) is 1.65. The van der Waals surface area contributed by atoms with Gasteiger partial charge in [-0.3, -0.25) is 5.32 Å². The highest BCUT2D eigenvalue weighted by molar-refractivity contribution is 7.99. The van der Waals surface area contributed by atoms with Crippen molar-refractivity contribution in [2.75, 3.05) is 17.7 Å². The molecule has 0 aliphatic heterocycles. The van der Waals surface area contributed by atoms with Crippen LogP contribution in [0.15, 0.2) is 23.9 Å². The van der Waals surface area contributed by atoms with Crippen LogP contribution < -0.4 is 5.32 Å². The molecule has 0 saturated carbocycles. The first-order valence-electron chi connectivity index (χ1n) is 5.36. The Morgan fingerprint density at radius 2 is 2.32 bits per heavy atom. The first-order valence-corrected chi connectivity index (χ1v) is 6.35. The number of amides is 1. The number of ether oxygens (including phenoxy) is 1. The number of nitrogens with one attached hydrogen (secondary N) is 1. The summed E-state index contributed by atoms with van der Waals surface area (Å²) in [5.74, 6) is -0.427. The molecule has 1 aromatic rings. The minimum Gasteiger partial charge on any atom is -0.477 e. The summed E-state index contributed by atoms with van der Waals surface area (Å²) in [7, 11) is 0. The van der Waals surface area contributed by atoms with Gasteiger partial charge in [-0.25, -0.2) is 19.6 Å². The van der Waals surface area contributed by atoms with Gasteiger partial charge in [-0.15, -0.1) is 0 Å². The number of aromatic nitrogens is 2. The predicted octanol–water partition coefficient (Wildman–Crippen LogP) is 2.02. The van der Waals surface area contributed by atoms with E-state index in [1.54, 1.807) is 0 Å². The Hall–Kier alpha value is -2.09. The molecule has 0 bridgehead atoms. The zero-order valence-electron chi connectivity index (χ0n) is 10.3. The molecule has 0 fully saturated rings. The number of carbonyl (C=O) groups is 2. The first-order chi connectivity index (χ1) is 9.06. The number of nitrogens with zero attached hydrogens (tertiary/aromatic N) is 2. The van der Waals surface area contributed by atoms with E-state index in [4.69, 9.17) is 9.84 Å². The monoisotopic (exact) mass is 283 g/mol. The zero-order chi connectivity index (χ0) is 14.3. The molecule has 19 heavy (non-hydrogen) atoms. The molecular weight excluding hydrogens is 270 g/mol. The molecule has 0 aromatic carbocycles. The fourth-order valence-electron chi connectivity index (χ4n) is 1.07. The van der Waals surface area contributed by atoms with Gasteiger partial charge in [-0.2, -0.15) is 0 Å². The molecule has 0 atom stereocenters. The summed E-state index contributed by atoms with van der Waals surface area (Å²) in [6.07, 6.45) is 0.683. The molecule has 0 spiro atoms. The van der Waals surface area contributed by atoms with Crippen LogP contribution in [-0.4, -0.2) is 39.5 Å². The van der Waals surface area contributed by atoms with Crippen molar-refractivity contribution >= 4 is 29.6 Å². The van der Waals surface area contributed by atoms with E-state index >= 15 is 0 Å². The molecule has 0 saturated heterocycles. The van der Waals surface area contributed by atoms with Crippen molar-refractivity contribution in [1.82, 2.24) is 9.97 Å². The molecule has 1 heterocycles. The van der Waals surface area contributed by atoms with Crippen LogP contribution in [0.4, 0.5) is 10.6 Å². The van der Waals surface area contributed by atoms with Crippen LogP contribution in [0.3, 0.4) is 0 Å². The minimum absolute atomic E-state index is 0.0548. The number of anilines is 1. The zero-order valence-corrected chi connectivity index (χ0v) is 11.1. The van der Waals surface area contributed by atoms with E-state index in [1.807, 2.05) is 6.92 Å². The number of carboxylic acids is 1. The number of hydrogen-bond acceptors (Lipinski definition) is 6. The van der Waals surface area contributed by atoms with Crippen LogP contribution in [0.1, 0.15) is 17.4 Å². The van der Waals surface area contributed by atoms with Gasteiger partial charge in [0.2, 0.25) is 0 Å². The van der Waals surface area contributed by atoms with Crippen LogP contribution >= 0.6 is 11.8 Å². The summed E-state index contributed by atoms with van der Waals surface area (Å²) in [6, 6.07) is 1.16. The fraction of sp³-hybridized carbons (Fsp3) is 0.273. The quantitative estimate of drug-likeness (QED) is 0.468. The number of hydrogen-bond donors (Lipinski definition) is 2. The topological polar surface area (TPSA) is 101 Å². The van der Waals surface area contributed by atoms with Crippen molar-refractivity contribution in [3.8, 4) is 0 Å². The Morgan fingerprint density at radius 1 is 1.58 bits per heavy atom. The molecule has 8 heteroatoms. The van der Waals surface area contributed by atoms with Gasteiger partial charge in [-0.05, 0) is 5.75 Å². The van der Waals surface area contributed by atoms with Crippen LogP contribution in [-0.2, 0) is 4.74 Å². The Kier molecular flexibility index (Phi) is 5.80. The molecule has 2 N–H and O–H groups in total. The predicted molar refractivity (Wildman–Crippen MR) is 70.6 cm³/mol. The molecule has 102 valence electrons. The van der Waals surface area contributed by atoms with Gasteiger partial charge < -0.3 is 9.84 Å². The highest BCUT2D eigenvalue weighted by Crippen LogP contribution is 2.16. The van der Waals surface area contributed by atoms with E-state index in [0.717, 1.165) is 6.07 Å². The smallest absolute Gasteiger partial charge is 0.413 e. The van der Waals surface area contributed by atoms with Crippen molar-refractivity contribution < 1.29 is 19.4 Å². The number of rotatable bonds is 6. The Morgan fingerprint density at radius 3 is 2.89 bits per heavy atom. The lowest BCUT2D eigenvalue weighted by molar-refractivity contribution is 0.0689. The second-order valence-corrected chi connectivity index (χ2v) is 4.40. The Bertz CT molecular complexity index is 493. The molecule has 1 aromatic heterocycles. The van der Waals surface area contributed by atoms with Crippen molar-refractivity contribution in [1.29, 1.82) is 0 Å². The first kappa shape index (κ1) is 15.0. The normalized spacial score (nSPS) is 9.74. The van der Waals surface area contributed by atoms with Crippen molar-refractivity contribution in [2.45, 2.75) is 12.1 Å². The van der Waals surface area contributed by atoms with Gasteiger partial charge in [0.15, 0.2) is 10.9 Å². The summed E-state index contributed by atoms with van der Waals surface area (Å²) in [5.41, 5.74) is -0.190. The summed E-state index contributed by atoms with van der Waals surface area (Å²) < 4.78 is 4.71. The van der Waals surface area contributed by atoms with E-state index < -0.39 is 12.1 Å². The highest BCUT2D eigenvalue weighted by Gasteiger charge is 2.12. The lowest BCUT2D eigenvalue weighted by Crippen LogP contribution is -2.16. The largest absolute Gasteiger partial charge is 0.477 e. The molecule has 0 aliphatic carbocycles. The third kappa shape index (κ3) is 4.96. The Labute approximate surface area is 114 Å². The van der Waals surface area contributed by atoms with Crippen molar-refractivity contribution in [3.05, 3.63) is 24.4 Å². The van der Waals surface area contributed by atoms with Gasteiger partial charge in [0.05, 0.1) is 0 Å². The molecular formula is C11H13N3O4S. The van der Waals surface area contributed by atoms with Crippen LogP contribution in [0, 0.1) is 0 Å². The van der Waals surface area contributed by atoms with Gasteiger partial charge in [0.25, 0.3) is 0 Å². The number of carbonyl (C=O) groups excluding carboxylic acids is 1. The summed E-state index contributed by atoms with van der Waals surface area (Å²) in [6.45, 7) is 5.34. The highest BCUT2D eigenvalue weighted by atomic mass is 32.2. The maximum absolute atomic E-state index is 11.3. The number of aromatic carboxylic acids is 1. The lowest BCUT2D eigenvalue weighted by atomic mass is 10.4. The van der Waals surface area contributed by atoms with Gasteiger partial charge >= 0.3 is 12.1 Å². The second-order valence-electron chi connectivity index (χ2n) is 3.17. The van der Waals surface area contributed by atoms with E-state index in [-0.39, 0.29) is 23.3 Å². The minimum atomic E-state index is -1.19. The molecule has 0 aliphatic rings. The van der Waals surface area contributed by atoms with E-state index in [1.165, 1.54) is 17.8 Å². The molecule has 1 amide bonds. The molecule has 0 radical (unpaired) electrons. The standard InChI is InChI=1S/C11H13N3O4S/c1-3-5-18-11(17)14-8-6-7(9(15)16)12-10(13-8)19-4-2/h3,6H,1,4-5H2,2H3,(H,15,16)(H,12,13,14,17). The molecule has 0 unspecified atom stereocenters. The SMILES string of the molecule is C=CCOC(=O)Nc1cc(C(=O)O)nc(SCC)n1. The van der Waals surface area contributed by atoms with E-state index in [2.05, 4.69) is 21.9 Å². The summed E-state index contributed by atoms with van der Waals surface area (Å²) >= 11 is 1.27. The third-order valence-electron chi connectivity index (χ3n) is 1.76. The number of thioether (sulfide) groups is 1. The van der Waals surface area contributed by atoms with Gasteiger partial charge in [0.1, 0.15) is 12.4 Å². The average molecular weight is 283 g/mol. The van der Waals surface area contributed by atoms with E-state index in [0.29, 0.717) is 5.75 Å². The maximum Gasteiger partial charge on any atom is 0.413 e. The van der Waals surface area contributed by atoms with Gasteiger partial charge in [0, 0.05) is 6.07 Å². The number of carboxylic acid groups (broad SMARTS) is 1. The van der Waals surface area contributed by atoms with Crippen molar-refractivity contribution in [3.63, 3.8) is 0 Å². The Balaban J connectivity index is 2.89. The van der Waals surface area contributed by atoms with Gasteiger partial charge in [-0.1, -0.05) is 31.3 Å². The molecule has 7 nitrogen and oxygen atoms in total. The van der Waals surface area contributed by atoms with Crippen molar-refractivity contribution in [2.24, 2.45) is 0 Å². The molecule has 1 rings (SSSR count). The summed E-state index contributed by atoms with van der Waals surface area (Å²) in [5, 5.41) is 11.5. The third-order valence-corrected chi connectivity index (χ3v) is 2.49. The average Bonchev–Trinajstić information content (AvgIpc) is 2.36. The second kappa shape index (κ2) is 7.37. The van der Waals surface area contributed by atoms with E-state index in [9.17, 15) is 9.59 Å². The van der Waals surface area contributed by atoms with Crippen LogP contribution in [0.2, 0.25) is 0 Å². The summed E-state index contributed by atoms with van der Waals surface area (Å²) in [4.78, 5) is 30.1. The maximum atomic E-state index is 11.3.